The van der Waals surface area contributed by atoms with Gasteiger partial charge in [0.15, 0.2) is 0 Å². The molecule has 0 aliphatic heterocycles. The number of nitrogens with one attached hydrogen (secondary N) is 2. The van der Waals surface area contributed by atoms with Gasteiger partial charge in [0.25, 0.3) is 0 Å². The lowest BCUT2D eigenvalue weighted by atomic mass is 10.2. The Bertz CT molecular complexity index is 659. The number of anilines is 1. The molecular weight excluding hydrogens is 299 g/mol. The molecule has 0 heterocycles. The van der Waals surface area contributed by atoms with E-state index < -0.39 is 11.8 Å². The van der Waals surface area contributed by atoms with E-state index in [0.29, 0.717) is 24.6 Å². The number of halogens is 1. The van der Waals surface area contributed by atoms with Crippen molar-refractivity contribution in [3.05, 3.63) is 53.8 Å². The van der Waals surface area contributed by atoms with Crippen molar-refractivity contribution in [1.29, 1.82) is 0 Å². The molecule has 6 heteroatoms. The van der Waals surface area contributed by atoms with Crippen LogP contribution in [0.4, 0.5) is 14.9 Å². The van der Waals surface area contributed by atoms with E-state index in [-0.39, 0.29) is 0 Å². The first-order valence-corrected chi connectivity index (χ1v) is 7.22. The SMILES string of the molecule is CCOc1cc(F)ccc1NC(=O)NCc1ccc(OC)cc1. The van der Waals surface area contributed by atoms with Crippen molar-refractivity contribution in [2.75, 3.05) is 19.0 Å². The number of methoxy groups -OCH3 is 1. The Balaban J connectivity index is 1.93. The van der Waals surface area contributed by atoms with Gasteiger partial charge in [0, 0.05) is 12.6 Å². The van der Waals surface area contributed by atoms with Crippen LogP contribution in [-0.4, -0.2) is 19.7 Å². The lowest BCUT2D eigenvalue weighted by Crippen LogP contribution is -2.28. The number of hydrogen-bond acceptors (Lipinski definition) is 3. The van der Waals surface area contributed by atoms with Crippen LogP contribution in [0.1, 0.15) is 12.5 Å². The van der Waals surface area contributed by atoms with Crippen LogP contribution in [0.2, 0.25) is 0 Å². The second-order valence-corrected chi connectivity index (χ2v) is 4.73. The molecular formula is C17H19FN2O3. The minimum absolute atomic E-state index is 0.298. The molecule has 0 unspecified atom stereocenters. The number of amides is 2. The highest BCUT2D eigenvalue weighted by Crippen LogP contribution is 2.25. The van der Waals surface area contributed by atoms with Crippen LogP contribution in [-0.2, 0) is 6.54 Å². The monoisotopic (exact) mass is 318 g/mol. The fraction of sp³-hybridized carbons (Fsp3) is 0.235. The molecule has 0 saturated carbocycles. The molecule has 0 radical (unpaired) electrons. The number of carbonyl (C=O) groups excluding carboxylic acids is 1. The molecule has 0 saturated heterocycles. The zero-order valence-electron chi connectivity index (χ0n) is 13.1. The highest BCUT2D eigenvalue weighted by molar-refractivity contribution is 5.90. The van der Waals surface area contributed by atoms with E-state index in [1.54, 1.807) is 14.0 Å². The van der Waals surface area contributed by atoms with Crippen molar-refractivity contribution < 1.29 is 18.7 Å². The molecule has 0 spiro atoms. The summed E-state index contributed by atoms with van der Waals surface area (Å²) in [5.74, 6) is 0.635. The number of rotatable bonds is 6. The van der Waals surface area contributed by atoms with Crippen molar-refractivity contribution in [2.24, 2.45) is 0 Å². The number of hydrogen-bond donors (Lipinski definition) is 2. The van der Waals surface area contributed by atoms with Crippen molar-refractivity contribution in [1.82, 2.24) is 5.32 Å². The largest absolute Gasteiger partial charge is 0.497 e. The molecule has 0 aliphatic rings. The van der Waals surface area contributed by atoms with Gasteiger partial charge in [-0.25, -0.2) is 9.18 Å². The Morgan fingerprint density at radius 1 is 1.17 bits per heavy atom. The second kappa shape index (κ2) is 8.03. The van der Waals surface area contributed by atoms with Crippen LogP contribution in [0, 0.1) is 5.82 Å². The Morgan fingerprint density at radius 2 is 1.91 bits per heavy atom. The summed E-state index contributed by atoms with van der Waals surface area (Å²) in [5.41, 5.74) is 1.35. The average Bonchev–Trinajstić information content (AvgIpc) is 2.56. The van der Waals surface area contributed by atoms with E-state index in [4.69, 9.17) is 9.47 Å². The van der Waals surface area contributed by atoms with Crippen molar-refractivity contribution >= 4 is 11.7 Å². The molecule has 2 aromatic carbocycles. The number of ether oxygens (including phenoxy) is 2. The van der Waals surface area contributed by atoms with E-state index in [2.05, 4.69) is 10.6 Å². The maximum Gasteiger partial charge on any atom is 0.319 e. The van der Waals surface area contributed by atoms with E-state index in [1.165, 1.54) is 18.2 Å². The van der Waals surface area contributed by atoms with Crippen molar-refractivity contribution in [3.8, 4) is 11.5 Å². The lowest BCUT2D eigenvalue weighted by molar-refractivity contribution is 0.251. The highest BCUT2D eigenvalue weighted by atomic mass is 19.1. The summed E-state index contributed by atoms with van der Waals surface area (Å²) in [7, 11) is 1.60. The van der Waals surface area contributed by atoms with E-state index >= 15 is 0 Å². The third kappa shape index (κ3) is 4.88. The molecule has 5 nitrogen and oxygen atoms in total. The Morgan fingerprint density at radius 3 is 2.57 bits per heavy atom. The second-order valence-electron chi connectivity index (χ2n) is 4.73. The minimum Gasteiger partial charge on any atom is -0.497 e. The van der Waals surface area contributed by atoms with Gasteiger partial charge in [0.2, 0.25) is 0 Å². The van der Waals surface area contributed by atoms with Gasteiger partial charge in [-0.15, -0.1) is 0 Å². The topological polar surface area (TPSA) is 59.6 Å². The fourth-order valence-corrected chi connectivity index (χ4v) is 1.97. The van der Waals surface area contributed by atoms with E-state index in [9.17, 15) is 9.18 Å². The van der Waals surface area contributed by atoms with E-state index in [0.717, 1.165) is 11.3 Å². The van der Waals surface area contributed by atoms with E-state index in [1.807, 2.05) is 24.3 Å². The quantitative estimate of drug-likeness (QED) is 0.856. The Hall–Kier alpha value is -2.76. The Labute approximate surface area is 134 Å². The number of carbonyl (C=O) groups is 1. The smallest absolute Gasteiger partial charge is 0.319 e. The van der Waals surface area contributed by atoms with Crippen molar-refractivity contribution in [3.63, 3.8) is 0 Å². The normalized spacial score (nSPS) is 10.0. The summed E-state index contributed by atoms with van der Waals surface area (Å²) in [6.45, 7) is 2.53. The van der Waals surface area contributed by atoms with Crippen LogP contribution in [0.25, 0.3) is 0 Å². The molecule has 0 aliphatic carbocycles. The van der Waals surface area contributed by atoms with Crippen molar-refractivity contribution in [2.45, 2.75) is 13.5 Å². The molecule has 0 atom stereocenters. The predicted molar refractivity (Wildman–Crippen MR) is 86.4 cm³/mol. The number of urea groups is 1. The third-order valence-electron chi connectivity index (χ3n) is 3.10. The van der Waals surface area contributed by atoms with Crippen LogP contribution in [0.15, 0.2) is 42.5 Å². The zero-order chi connectivity index (χ0) is 16.7. The Kier molecular flexibility index (Phi) is 5.80. The first kappa shape index (κ1) is 16.6. The summed E-state index contributed by atoms with van der Waals surface area (Å²) in [4.78, 5) is 12.0. The maximum atomic E-state index is 13.2. The summed E-state index contributed by atoms with van der Waals surface area (Å²) in [6.07, 6.45) is 0. The van der Waals surface area contributed by atoms with Gasteiger partial charge in [-0.3, -0.25) is 0 Å². The molecule has 122 valence electrons. The average molecular weight is 318 g/mol. The van der Waals surface area contributed by atoms with Gasteiger partial charge in [0.1, 0.15) is 17.3 Å². The molecule has 2 N–H and O–H groups in total. The van der Waals surface area contributed by atoms with Gasteiger partial charge in [-0.05, 0) is 36.8 Å². The third-order valence-corrected chi connectivity index (χ3v) is 3.10. The predicted octanol–water partition coefficient (Wildman–Crippen LogP) is 3.55. The van der Waals surface area contributed by atoms with Crippen LogP contribution in [0.3, 0.4) is 0 Å². The summed E-state index contributed by atoms with van der Waals surface area (Å²) in [6, 6.07) is 10.9. The molecule has 0 aromatic heterocycles. The standard InChI is InChI=1S/C17H19FN2O3/c1-3-23-16-10-13(18)6-9-15(16)20-17(21)19-11-12-4-7-14(22-2)8-5-12/h4-10H,3,11H2,1-2H3,(H2,19,20,21). The highest BCUT2D eigenvalue weighted by Gasteiger charge is 2.09. The summed E-state index contributed by atoms with van der Waals surface area (Å²) in [5, 5.41) is 5.38. The first-order valence-electron chi connectivity index (χ1n) is 7.22. The molecule has 23 heavy (non-hydrogen) atoms. The minimum atomic E-state index is -0.419. The van der Waals surface area contributed by atoms with Gasteiger partial charge < -0.3 is 20.1 Å². The first-order chi connectivity index (χ1) is 11.1. The van der Waals surface area contributed by atoms with Gasteiger partial charge >= 0.3 is 6.03 Å². The van der Waals surface area contributed by atoms with Crippen LogP contribution in [0.5, 0.6) is 11.5 Å². The molecule has 0 bridgehead atoms. The fourth-order valence-electron chi connectivity index (χ4n) is 1.97. The lowest BCUT2D eigenvalue weighted by Gasteiger charge is -2.12. The maximum absolute atomic E-state index is 13.2. The summed E-state index contributed by atoms with van der Waals surface area (Å²) >= 11 is 0. The summed E-state index contributed by atoms with van der Waals surface area (Å²) < 4.78 is 23.6. The van der Waals surface area contributed by atoms with Gasteiger partial charge in [-0.2, -0.15) is 0 Å². The molecule has 2 aromatic rings. The molecule has 2 amide bonds. The molecule has 0 fully saturated rings. The van der Waals surface area contributed by atoms with Gasteiger partial charge in [0.05, 0.1) is 19.4 Å². The van der Waals surface area contributed by atoms with Crippen LogP contribution >= 0.6 is 0 Å². The van der Waals surface area contributed by atoms with Crippen LogP contribution < -0.4 is 20.1 Å². The molecule has 2 rings (SSSR count). The van der Waals surface area contributed by atoms with Gasteiger partial charge in [-0.1, -0.05) is 12.1 Å². The zero-order valence-corrected chi connectivity index (χ0v) is 13.1. The number of benzene rings is 2.